The van der Waals surface area contributed by atoms with Gasteiger partial charge in [-0.15, -0.1) is 11.3 Å². The van der Waals surface area contributed by atoms with Crippen molar-refractivity contribution in [3.63, 3.8) is 0 Å². The molecule has 3 unspecified atom stereocenters. The van der Waals surface area contributed by atoms with E-state index in [0.717, 1.165) is 35.0 Å². The Morgan fingerprint density at radius 2 is 2.08 bits per heavy atom. The molecule has 2 aliphatic heterocycles. The van der Waals surface area contributed by atoms with E-state index in [-0.39, 0.29) is 18.0 Å². The van der Waals surface area contributed by atoms with E-state index in [1.54, 1.807) is 0 Å². The number of carbonyl (C=O) groups is 1. The van der Waals surface area contributed by atoms with Crippen molar-refractivity contribution in [2.24, 2.45) is 5.92 Å². The summed E-state index contributed by atoms with van der Waals surface area (Å²) in [4.78, 5) is 17.2. The summed E-state index contributed by atoms with van der Waals surface area (Å²) in [5.41, 5.74) is 1.39. The molecule has 0 spiro atoms. The second-order valence-corrected chi connectivity index (χ2v) is 7.76. The molecule has 1 aromatic heterocycles. The van der Waals surface area contributed by atoms with Gasteiger partial charge in [-0.2, -0.15) is 0 Å². The Kier molecular flexibility index (Phi) is 4.82. The van der Waals surface area contributed by atoms with Crippen LogP contribution >= 0.6 is 11.3 Å². The van der Waals surface area contributed by atoms with Gasteiger partial charge in [0.15, 0.2) is 11.5 Å². The van der Waals surface area contributed by atoms with Crippen LogP contribution in [0.25, 0.3) is 10.6 Å². The Hall–Kier alpha value is -2.12. The van der Waals surface area contributed by atoms with Crippen LogP contribution in [0.4, 0.5) is 0 Å². The summed E-state index contributed by atoms with van der Waals surface area (Å²) in [6.07, 6.45) is 1.06. The molecular weight excluding hydrogens is 350 g/mol. The molecule has 0 radical (unpaired) electrons. The molecular formula is C19H23N3O3S. The van der Waals surface area contributed by atoms with E-state index < -0.39 is 0 Å². The van der Waals surface area contributed by atoms with Gasteiger partial charge in [-0.05, 0) is 44.0 Å². The molecule has 1 fully saturated rings. The van der Waals surface area contributed by atoms with Gasteiger partial charge in [-0.1, -0.05) is 6.92 Å². The van der Waals surface area contributed by atoms with E-state index in [4.69, 9.17) is 9.47 Å². The number of ether oxygens (including phenoxy) is 2. The first-order valence-corrected chi connectivity index (χ1v) is 9.89. The fourth-order valence-corrected chi connectivity index (χ4v) is 4.31. The number of piperidine rings is 1. The average molecular weight is 373 g/mol. The predicted molar refractivity (Wildman–Crippen MR) is 101 cm³/mol. The number of rotatable bonds is 3. The summed E-state index contributed by atoms with van der Waals surface area (Å²) >= 11 is 1.46. The van der Waals surface area contributed by atoms with Crippen LogP contribution in [0.1, 0.15) is 30.8 Å². The third kappa shape index (κ3) is 3.41. The molecule has 3 heterocycles. The quantitative estimate of drug-likeness (QED) is 0.865. The van der Waals surface area contributed by atoms with Gasteiger partial charge in [-0.3, -0.25) is 4.79 Å². The fourth-order valence-electron chi connectivity index (χ4n) is 3.52. The van der Waals surface area contributed by atoms with Crippen molar-refractivity contribution in [3.8, 4) is 22.1 Å². The molecule has 1 aromatic carbocycles. The monoisotopic (exact) mass is 373 g/mol. The minimum Gasteiger partial charge on any atom is -0.486 e. The van der Waals surface area contributed by atoms with Gasteiger partial charge in [0.05, 0.1) is 0 Å². The number of carbonyl (C=O) groups excluding carboxylic acids is 1. The highest BCUT2D eigenvalue weighted by Crippen LogP contribution is 2.35. The second kappa shape index (κ2) is 7.25. The zero-order valence-electron chi connectivity index (χ0n) is 15.0. The number of nitrogens with zero attached hydrogens (tertiary/aromatic N) is 1. The van der Waals surface area contributed by atoms with E-state index in [1.807, 2.05) is 23.6 Å². The number of benzene rings is 1. The Morgan fingerprint density at radius 3 is 2.88 bits per heavy atom. The lowest BCUT2D eigenvalue weighted by molar-refractivity contribution is 0.0893. The van der Waals surface area contributed by atoms with Gasteiger partial charge in [0, 0.05) is 23.0 Å². The molecule has 26 heavy (non-hydrogen) atoms. The topological polar surface area (TPSA) is 72.5 Å². The Balaban J connectivity index is 1.50. The van der Waals surface area contributed by atoms with E-state index in [0.29, 0.717) is 24.8 Å². The van der Waals surface area contributed by atoms with Crippen molar-refractivity contribution in [1.29, 1.82) is 0 Å². The van der Waals surface area contributed by atoms with Crippen molar-refractivity contribution in [2.45, 2.75) is 32.4 Å². The van der Waals surface area contributed by atoms with Crippen molar-refractivity contribution in [3.05, 3.63) is 29.3 Å². The van der Waals surface area contributed by atoms with Crippen LogP contribution in [-0.4, -0.2) is 42.7 Å². The molecule has 4 rings (SSSR count). The third-order valence-electron chi connectivity index (χ3n) is 5.04. The van der Waals surface area contributed by atoms with Gasteiger partial charge in [0.2, 0.25) is 0 Å². The standard InChI is InChI=1S/C19H23N3O3S/c1-11-5-6-20-12(2)17(11)22-18(23)14-10-26-19(21-14)13-3-4-15-16(9-13)25-8-7-24-15/h3-4,9-12,17,20H,5-8H2,1-2H3,(H,22,23). The van der Waals surface area contributed by atoms with Crippen LogP contribution in [0.5, 0.6) is 11.5 Å². The van der Waals surface area contributed by atoms with Crippen LogP contribution in [0.2, 0.25) is 0 Å². The molecule has 0 bridgehead atoms. The predicted octanol–water partition coefficient (Wildman–Crippen LogP) is 2.70. The van der Waals surface area contributed by atoms with Gasteiger partial charge in [-0.25, -0.2) is 4.98 Å². The lowest BCUT2D eigenvalue weighted by Gasteiger charge is -2.35. The second-order valence-electron chi connectivity index (χ2n) is 6.90. The molecule has 7 heteroatoms. The highest BCUT2D eigenvalue weighted by Gasteiger charge is 2.29. The summed E-state index contributed by atoms with van der Waals surface area (Å²) < 4.78 is 11.2. The molecule has 2 aromatic rings. The van der Waals surface area contributed by atoms with E-state index in [9.17, 15) is 4.79 Å². The highest BCUT2D eigenvalue weighted by atomic mass is 32.1. The molecule has 2 N–H and O–H groups in total. The number of hydrogen-bond donors (Lipinski definition) is 2. The van der Waals surface area contributed by atoms with Gasteiger partial charge < -0.3 is 20.1 Å². The Labute approximate surface area is 156 Å². The first-order valence-electron chi connectivity index (χ1n) is 9.01. The summed E-state index contributed by atoms with van der Waals surface area (Å²) in [6.45, 7) is 6.42. The first-order chi connectivity index (χ1) is 12.6. The van der Waals surface area contributed by atoms with Crippen LogP contribution < -0.4 is 20.1 Å². The van der Waals surface area contributed by atoms with Crippen LogP contribution in [-0.2, 0) is 0 Å². The summed E-state index contributed by atoms with van der Waals surface area (Å²) in [6, 6.07) is 6.14. The molecule has 3 atom stereocenters. The number of hydrogen-bond acceptors (Lipinski definition) is 6. The molecule has 1 amide bonds. The minimum atomic E-state index is -0.113. The van der Waals surface area contributed by atoms with Gasteiger partial charge in [0.1, 0.15) is 23.9 Å². The van der Waals surface area contributed by atoms with E-state index >= 15 is 0 Å². The molecule has 0 aliphatic carbocycles. The zero-order chi connectivity index (χ0) is 18.1. The van der Waals surface area contributed by atoms with Crippen molar-refractivity contribution >= 4 is 17.2 Å². The number of aromatic nitrogens is 1. The lowest BCUT2D eigenvalue weighted by atomic mass is 9.89. The summed E-state index contributed by atoms with van der Waals surface area (Å²) in [7, 11) is 0. The maximum absolute atomic E-state index is 12.6. The minimum absolute atomic E-state index is 0.113. The molecule has 6 nitrogen and oxygen atoms in total. The summed E-state index contributed by atoms with van der Waals surface area (Å²) in [5.74, 6) is 1.82. The smallest absolute Gasteiger partial charge is 0.271 e. The maximum Gasteiger partial charge on any atom is 0.271 e. The van der Waals surface area contributed by atoms with E-state index in [1.165, 1.54) is 11.3 Å². The number of amides is 1. The summed E-state index contributed by atoms with van der Waals surface area (Å²) in [5, 5.41) is 9.18. The molecule has 1 saturated heterocycles. The molecule has 138 valence electrons. The van der Waals surface area contributed by atoms with Crippen molar-refractivity contribution in [1.82, 2.24) is 15.6 Å². The number of fused-ring (bicyclic) bond motifs is 1. The number of thiazole rings is 1. The van der Waals surface area contributed by atoms with Crippen LogP contribution in [0.15, 0.2) is 23.6 Å². The van der Waals surface area contributed by atoms with Crippen molar-refractivity contribution in [2.75, 3.05) is 19.8 Å². The lowest BCUT2D eigenvalue weighted by Crippen LogP contribution is -2.55. The van der Waals surface area contributed by atoms with Crippen LogP contribution in [0.3, 0.4) is 0 Å². The average Bonchev–Trinajstić information content (AvgIpc) is 3.15. The first kappa shape index (κ1) is 17.3. The zero-order valence-corrected chi connectivity index (χ0v) is 15.8. The molecule has 2 aliphatic rings. The van der Waals surface area contributed by atoms with Gasteiger partial charge >= 0.3 is 0 Å². The number of nitrogens with one attached hydrogen (secondary N) is 2. The molecule has 0 saturated carbocycles. The SMILES string of the molecule is CC1CCNC(C)C1NC(=O)c1csc(-c2ccc3c(c2)OCCO3)n1. The normalized spacial score (nSPS) is 24.9. The van der Waals surface area contributed by atoms with Gasteiger partial charge in [0.25, 0.3) is 5.91 Å². The van der Waals surface area contributed by atoms with Crippen LogP contribution in [0, 0.1) is 5.92 Å². The maximum atomic E-state index is 12.6. The Bertz CT molecular complexity index is 797. The van der Waals surface area contributed by atoms with Crippen molar-refractivity contribution < 1.29 is 14.3 Å². The fraction of sp³-hybridized carbons (Fsp3) is 0.474. The largest absolute Gasteiger partial charge is 0.486 e. The Morgan fingerprint density at radius 1 is 1.27 bits per heavy atom. The third-order valence-corrected chi connectivity index (χ3v) is 5.93. The van der Waals surface area contributed by atoms with E-state index in [2.05, 4.69) is 29.5 Å². The highest BCUT2D eigenvalue weighted by molar-refractivity contribution is 7.13.